The van der Waals surface area contributed by atoms with Crippen LogP contribution >= 0.6 is 22.6 Å². The van der Waals surface area contributed by atoms with E-state index in [9.17, 15) is 4.39 Å². The summed E-state index contributed by atoms with van der Waals surface area (Å²) in [7, 11) is 1.97. The second-order valence-electron chi connectivity index (χ2n) is 2.92. The fraction of sp³-hybridized carbons (Fsp3) is 0.100. The first-order chi connectivity index (χ1) is 6.18. The minimum atomic E-state index is -0.186. The van der Waals surface area contributed by atoms with Gasteiger partial charge in [0.15, 0.2) is 0 Å². The molecule has 1 heterocycles. The molecule has 0 atom stereocenters. The lowest BCUT2D eigenvalue weighted by Crippen LogP contribution is -2.32. The predicted molar refractivity (Wildman–Crippen MR) is 57.8 cm³/mol. The van der Waals surface area contributed by atoms with Crippen molar-refractivity contribution >= 4 is 33.5 Å². The first kappa shape index (κ1) is 8.87. The van der Waals surface area contributed by atoms with Gasteiger partial charge in [-0.1, -0.05) is 0 Å². The van der Waals surface area contributed by atoms with Crippen molar-refractivity contribution in [3.8, 4) is 0 Å². The molecular formula is C10H8FIN+. The van der Waals surface area contributed by atoms with Crippen molar-refractivity contribution in [3.63, 3.8) is 0 Å². The van der Waals surface area contributed by atoms with E-state index in [1.54, 1.807) is 12.1 Å². The molecule has 66 valence electrons. The molecule has 2 aromatic rings. The molecule has 3 heteroatoms. The average molecular weight is 288 g/mol. The first-order valence-corrected chi connectivity index (χ1v) is 5.00. The average Bonchev–Trinajstić information content (AvgIpc) is 2.12. The minimum absolute atomic E-state index is 0.186. The lowest BCUT2D eigenvalue weighted by Gasteiger charge is -1.97. The highest BCUT2D eigenvalue weighted by Crippen LogP contribution is 2.12. The summed E-state index contributed by atoms with van der Waals surface area (Å²) in [5, 5.41) is 0.933. The summed E-state index contributed by atoms with van der Waals surface area (Å²) in [6, 6.07) is 8.74. The number of nitrogens with zero attached hydrogens (tertiary/aromatic N) is 1. The van der Waals surface area contributed by atoms with Crippen LogP contribution in [0.5, 0.6) is 0 Å². The Labute approximate surface area is 89.3 Å². The Morgan fingerprint density at radius 3 is 2.77 bits per heavy atom. The molecule has 0 amide bonds. The predicted octanol–water partition coefficient (Wildman–Crippen LogP) is 2.41. The number of aryl methyl sites for hydroxylation is 1. The van der Waals surface area contributed by atoms with Crippen LogP contribution < -0.4 is 4.57 Å². The third-order valence-electron chi connectivity index (χ3n) is 2.07. The zero-order valence-corrected chi connectivity index (χ0v) is 9.25. The zero-order valence-electron chi connectivity index (χ0n) is 7.09. The lowest BCUT2D eigenvalue weighted by atomic mass is 10.2. The van der Waals surface area contributed by atoms with E-state index < -0.39 is 0 Å². The molecule has 0 spiro atoms. The molecule has 0 fully saturated rings. The Kier molecular flexibility index (Phi) is 2.19. The number of hydrogen-bond acceptors (Lipinski definition) is 0. The van der Waals surface area contributed by atoms with E-state index in [1.165, 1.54) is 6.07 Å². The third-order valence-corrected chi connectivity index (χ3v) is 3.16. The topological polar surface area (TPSA) is 3.88 Å². The molecule has 1 aromatic carbocycles. The van der Waals surface area contributed by atoms with Crippen LogP contribution in [-0.4, -0.2) is 0 Å². The van der Waals surface area contributed by atoms with E-state index in [1.807, 2.05) is 23.7 Å². The van der Waals surface area contributed by atoms with Crippen LogP contribution in [-0.2, 0) is 7.05 Å². The number of hydrogen-bond donors (Lipinski definition) is 0. The lowest BCUT2D eigenvalue weighted by molar-refractivity contribution is -0.658. The molecule has 0 saturated carbocycles. The fourth-order valence-electron chi connectivity index (χ4n) is 1.35. The van der Waals surface area contributed by atoms with Crippen LogP contribution in [0.1, 0.15) is 0 Å². The van der Waals surface area contributed by atoms with E-state index >= 15 is 0 Å². The van der Waals surface area contributed by atoms with Gasteiger partial charge in [-0.3, -0.25) is 0 Å². The summed E-state index contributed by atoms with van der Waals surface area (Å²) in [6.45, 7) is 0. The summed E-state index contributed by atoms with van der Waals surface area (Å²) in [4.78, 5) is 0. The standard InChI is InChI=1S/C10H8FIN/c1-13-9-4-3-8(11)6-7(9)2-5-10(13)12/h2-6H,1H3/q+1. The van der Waals surface area contributed by atoms with Crippen LogP contribution in [0.2, 0.25) is 0 Å². The van der Waals surface area contributed by atoms with Gasteiger partial charge < -0.3 is 0 Å². The summed E-state index contributed by atoms with van der Waals surface area (Å²) in [5.41, 5.74) is 1.05. The van der Waals surface area contributed by atoms with Crippen molar-refractivity contribution in [2.24, 2.45) is 7.05 Å². The monoisotopic (exact) mass is 288 g/mol. The molecule has 0 aliphatic heterocycles. The second kappa shape index (κ2) is 3.21. The van der Waals surface area contributed by atoms with Gasteiger partial charge in [0.2, 0.25) is 9.22 Å². The van der Waals surface area contributed by atoms with Crippen LogP contribution in [0.15, 0.2) is 30.3 Å². The van der Waals surface area contributed by atoms with Gasteiger partial charge in [0.05, 0.1) is 0 Å². The van der Waals surface area contributed by atoms with Gasteiger partial charge in [0, 0.05) is 40.1 Å². The van der Waals surface area contributed by atoms with E-state index in [4.69, 9.17) is 0 Å². The molecule has 0 N–H and O–H groups in total. The van der Waals surface area contributed by atoms with E-state index in [-0.39, 0.29) is 5.82 Å². The maximum absolute atomic E-state index is 12.9. The maximum Gasteiger partial charge on any atom is 0.241 e. The smallest absolute Gasteiger partial charge is 0.207 e. The van der Waals surface area contributed by atoms with Gasteiger partial charge in [-0.25, -0.2) is 4.39 Å². The van der Waals surface area contributed by atoms with Gasteiger partial charge in [-0.05, 0) is 18.2 Å². The van der Waals surface area contributed by atoms with Gasteiger partial charge >= 0.3 is 0 Å². The van der Waals surface area contributed by atoms with Crippen LogP contribution in [0.4, 0.5) is 4.39 Å². The molecule has 1 nitrogen and oxygen atoms in total. The molecule has 13 heavy (non-hydrogen) atoms. The number of benzene rings is 1. The SMILES string of the molecule is C[n+]1c(I)ccc2cc(F)ccc21. The summed E-state index contributed by atoms with van der Waals surface area (Å²) >= 11 is 2.25. The largest absolute Gasteiger partial charge is 0.241 e. The summed E-state index contributed by atoms with van der Waals surface area (Å²) in [6.07, 6.45) is 0. The van der Waals surface area contributed by atoms with Crippen molar-refractivity contribution in [3.05, 3.63) is 39.8 Å². The molecule has 0 radical (unpaired) electrons. The number of pyridine rings is 1. The first-order valence-electron chi connectivity index (χ1n) is 3.92. The number of rotatable bonds is 0. The quantitative estimate of drug-likeness (QED) is 0.398. The van der Waals surface area contributed by atoms with Crippen molar-refractivity contribution in [2.75, 3.05) is 0 Å². The van der Waals surface area contributed by atoms with Crippen molar-refractivity contribution in [1.82, 2.24) is 0 Å². The normalized spacial score (nSPS) is 10.7. The summed E-state index contributed by atoms with van der Waals surface area (Å²) < 4.78 is 16.0. The van der Waals surface area contributed by atoms with Crippen LogP contribution in [0, 0.1) is 9.52 Å². The van der Waals surface area contributed by atoms with Crippen molar-refractivity contribution in [1.29, 1.82) is 0 Å². The van der Waals surface area contributed by atoms with Gasteiger partial charge in [-0.2, -0.15) is 4.57 Å². The molecule has 0 bridgehead atoms. The highest BCUT2D eigenvalue weighted by molar-refractivity contribution is 14.1. The molecule has 2 rings (SSSR count). The van der Waals surface area contributed by atoms with Crippen LogP contribution in [0.3, 0.4) is 0 Å². The number of halogens is 2. The van der Waals surface area contributed by atoms with Gasteiger partial charge in [0.25, 0.3) is 0 Å². The Balaban J connectivity index is 2.87. The van der Waals surface area contributed by atoms with Gasteiger partial charge in [0.1, 0.15) is 12.9 Å². The molecule has 0 saturated heterocycles. The highest BCUT2D eigenvalue weighted by atomic mass is 127. The minimum Gasteiger partial charge on any atom is -0.207 e. The molecular weight excluding hydrogens is 280 g/mol. The molecule has 1 aromatic heterocycles. The third kappa shape index (κ3) is 1.52. The zero-order chi connectivity index (χ0) is 9.42. The van der Waals surface area contributed by atoms with E-state index in [0.29, 0.717) is 0 Å². The molecule has 0 unspecified atom stereocenters. The Morgan fingerprint density at radius 1 is 1.23 bits per heavy atom. The molecule has 0 aliphatic rings. The van der Waals surface area contributed by atoms with Crippen molar-refractivity contribution < 1.29 is 8.96 Å². The molecule has 0 aliphatic carbocycles. The number of fused-ring (bicyclic) bond motifs is 1. The van der Waals surface area contributed by atoms with E-state index in [2.05, 4.69) is 22.6 Å². The van der Waals surface area contributed by atoms with Crippen molar-refractivity contribution in [2.45, 2.75) is 0 Å². The Hall–Kier alpha value is -0.710. The van der Waals surface area contributed by atoms with Crippen LogP contribution in [0.25, 0.3) is 10.9 Å². The van der Waals surface area contributed by atoms with E-state index in [0.717, 1.165) is 14.6 Å². The summed E-state index contributed by atoms with van der Waals surface area (Å²) in [5.74, 6) is -0.186. The second-order valence-corrected chi connectivity index (χ2v) is 4.02. The number of aromatic nitrogens is 1. The Bertz CT molecular complexity index is 468. The fourth-order valence-corrected chi connectivity index (χ4v) is 1.79. The Morgan fingerprint density at radius 2 is 2.00 bits per heavy atom. The highest BCUT2D eigenvalue weighted by Gasteiger charge is 2.08. The maximum atomic E-state index is 12.9. The van der Waals surface area contributed by atoms with Gasteiger partial charge in [-0.15, -0.1) is 0 Å².